The minimum absolute atomic E-state index is 0.847. The molecule has 0 atom stereocenters. The van der Waals surface area contributed by atoms with Gasteiger partial charge in [-0.05, 0) is 95.9 Å². The van der Waals surface area contributed by atoms with Crippen LogP contribution in [-0.2, 0) is 0 Å². The van der Waals surface area contributed by atoms with Crippen LogP contribution in [0.3, 0.4) is 0 Å². The van der Waals surface area contributed by atoms with Crippen LogP contribution >= 0.6 is 0 Å². The van der Waals surface area contributed by atoms with Gasteiger partial charge in [0.2, 0.25) is 0 Å². The maximum Gasteiger partial charge on any atom is 0.147 e. The first kappa shape index (κ1) is 29.4. The zero-order chi connectivity index (χ0) is 35.3. The first-order valence-electron chi connectivity index (χ1n) is 18.5. The highest BCUT2D eigenvalue weighted by atomic mass is 16.3. The Bertz CT molecular complexity index is 3430. The Hall–Kier alpha value is -7.16. The molecule has 54 heavy (non-hydrogen) atoms. The van der Waals surface area contributed by atoms with Gasteiger partial charge in [0.05, 0.1) is 5.56 Å². The maximum atomic E-state index is 6.91. The molecule has 0 saturated carbocycles. The van der Waals surface area contributed by atoms with Crippen molar-refractivity contribution in [2.24, 2.45) is 0 Å². The second kappa shape index (κ2) is 11.2. The van der Waals surface area contributed by atoms with E-state index in [2.05, 4.69) is 170 Å². The Kier molecular flexibility index (Phi) is 6.09. The van der Waals surface area contributed by atoms with E-state index in [0.29, 0.717) is 0 Å². The van der Waals surface area contributed by atoms with Crippen LogP contribution in [0.1, 0.15) is 0 Å². The molecule has 0 unspecified atom stereocenters. The molecule has 12 aromatic rings. The summed E-state index contributed by atoms with van der Waals surface area (Å²) in [6.45, 7) is 0. The lowest BCUT2D eigenvalue weighted by Gasteiger charge is -2.18. The Labute approximate surface area is 310 Å². The molecule has 0 N–H and O–H groups in total. The van der Waals surface area contributed by atoms with Gasteiger partial charge in [0.25, 0.3) is 0 Å². The normalized spacial score (nSPS) is 12.1. The molecule has 0 saturated heterocycles. The molecule has 0 amide bonds. The number of benzene rings is 10. The van der Waals surface area contributed by atoms with Crippen molar-refractivity contribution in [3.05, 3.63) is 182 Å². The highest BCUT2D eigenvalue weighted by Gasteiger charge is 2.22. The fourth-order valence-electron chi connectivity index (χ4n) is 8.99. The van der Waals surface area contributed by atoms with E-state index in [-0.39, 0.29) is 0 Å². The van der Waals surface area contributed by atoms with Crippen molar-refractivity contribution in [2.45, 2.75) is 0 Å². The van der Waals surface area contributed by atoms with Gasteiger partial charge in [0.15, 0.2) is 0 Å². The van der Waals surface area contributed by atoms with Gasteiger partial charge in [-0.25, -0.2) is 0 Å². The lowest BCUT2D eigenvalue weighted by atomic mass is 9.85. The quantitative estimate of drug-likeness (QED) is 0.173. The van der Waals surface area contributed by atoms with Crippen molar-refractivity contribution in [3.8, 4) is 33.4 Å². The summed E-state index contributed by atoms with van der Waals surface area (Å²) in [5.41, 5.74) is 10.5. The fraction of sp³-hybridized carbons (Fsp3) is 0. The van der Waals surface area contributed by atoms with E-state index in [4.69, 9.17) is 8.83 Å². The lowest BCUT2D eigenvalue weighted by Crippen LogP contribution is -1.91. The van der Waals surface area contributed by atoms with Gasteiger partial charge in [-0.1, -0.05) is 152 Å². The summed E-state index contributed by atoms with van der Waals surface area (Å²) in [6.07, 6.45) is 0. The molecule has 0 bridgehead atoms. The van der Waals surface area contributed by atoms with Gasteiger partial charge < -0.3 is 8.83 Å². The smallest absolute Gasteiger partial charge is 0.147 e. The van der Waals surface area contributed by atoms with Crippen LogP contribution in [0.15, 0.2) is 191 Å². The molecule has 10 aromatic carbocycles. The summed E-state index contributed by atoms with van der Waals surface area (Å²) >= 11 is 0. The van der Waals surface area contributed by atoms with Gasteiger partial charge in [-0.3, -0.25) is 0 Å². The fourth-order valence-corrected chi connectivity index (χ4v) is 8.99. The van der Waals surface area contributed by atoms with Crippen molar-refractivity contribution in [1.29, 1.82) is 0 Å². The summed E-state index contributed by atoms with van der Waals surface area (Å²) in [5, 5.41) is 14.0. The summed E-state index contributed by atoms with van der Waals surface area (Å²) in [6, 6.07) is 65.5. The Morgan fingerprint density at radius 3 is 1.43 bits per heavy atom. The molecule has 0 aliphatic carbocycles. The van der Waals surface area contributed by atoms with Gasteiger partial charge in [0.1, 0.15) is 22.3 Å². The molecule has 0 fully saturated rings. The maximum absolute atomic E-state index is 6.91. The van der Waals surface area contributed by atoms with Crippen LogP contribution in [0.2, 0.25) is 0 Å². The van der Waals surface area contributed by atoms with Crippen LogP contribution in [-0.4, -0.2) is 0 Å². The number of furan rings is 2. The van der Waals surface area contributed by atoms with E-state index < -0.39 is 0 Å². The summed E-state index contributed by atoms with van der Waals surface area (Å²) in [5.74, 6) is 0. The molecule has 0 spiro atoms. The van der Waals surface area contributed by atoms with Crippen LogP contribution in [0.25, 0.3) is 120 Å². The molecule has 2 heterocycles. The number of para-hydroxylation sites is 1. The molecule has 2 heteroatoms. The third kappa shape index (κ3) is 4.17. The van der Waals surface area contributed by atoms with Crippen molar-refractivity contribution in [3.63, 3.8) is 0 Å². The molecular formula is C52H30O2. The highest BCUT2D eigenvalue weighted by Crippen LogP contribution is 2.47. The summed E-state index contributed by atoms with van der Waals surface area (Å²) in [7, 11) is 0. The molecule has 250 valence electrons. The predicted octanol–water partition coefficient (Wildman–Crippen LogP) is 15.1. The topological polar surface area (TPSA) is 26.3 Å². The standard InChI is InChI=1S/C52H30O2/c1-2-13-32(14-3-1)47-39-17-6-8-19-41(39)48(42-20-9-7-18-40(42)47)35-24-22-34-29-36(25-23-33(34)28-35)49-51-44(38-16-10-11-21-46(38)53-51)30-45-43-27-26-31-12-4-5-15-37(31)50(43)54-52(45)49/h1-30H. The molecule has 0 aliphatic rings. The van der Waals surface area contributed by atoms with Crippen molar-refractivity contribution in [2.75, 3.05) is 0 Å². The number of hydrogen-bond donors (Lipinski definition) is 0. The summed E-state index contributed by atoms with van der Waals surface area (Å²) < 4.78 is 13.6. The van der Waals surface area contributed by atoms with E-state index in [0.717, 1.165) is 71.2 Å². The highest BCUT2D eigenvalue weighted by molar-refractivity contribution is 6.25. The summed E-state index contributed by atoms with van der Waals surface area (Å²) in [4.78, 5) is 0. The van der Waals surface area contributed by atoms with E-state index in [9.17, 15) is 0 Å². The van der Waals surface area contributed by atoms with Crippen LogP contribution in [0.4, 0.5) is 0 Å². The van der Waals surface area contributed by atoms with E-state index >= 15 is 0 Å². The van der Waals surface area contributed by atoms with Gasteiger partial charge in [-0.2, -0.15) is 0 Å². The Morgan fingerprint density at radius 2 is 0.741 bits per heavy atom. The third-order valence-corrected chi connectivity index (χ3v) is 11.4. The second-order valence-corrected chi connectivity index (χ2v) is 14.4. The van der Waals surface area contributed by atoms with Gasteiger partial charge >= 0.3 is 0 Å². The predicted molar refractivity (Wildman–Crippen MR) is 227 cm³/mol. The third-order valence-electron chi connectivity index (χ3n) is 11.4. The first-order valence-corrected chi connectivity index (χ1v) is 18.5. The number of rotatable bonds is 3. The SMILES string of the molecule is c1ccc(-c2c3ccccc3c(-c3ccc4cc(-c5c6oc7ccccc7c6cc6c5oc5c7ccccc7ccc65)ccc4c3)c3ccccc23)cc1. The molecule has 2 nitrogen and oxygen atoms in total. The van der Waals surface area contributed by atoms with E-state index in [1.807, 2.05) is 12.1 Å². The van der Waals surface area contributed by atoms with E-state index in [1.165, 1.54) is 49.2 Å². The van der Waals surface area contributed by atoms with E-state index in [1.54, 1.807) is 0 Å². The van der Waals surface area contributed by atoms with Gasteiger partial charge in [-0.15, -0.1) is 0 Å². The number of fused-ring (bicyclic) bond motifs is 11. The van der Waals surface area contributed by atoms with Crippen LogP contribution in [0.5, 0.6) is 0 Å². The molecule has 2 aromatic heterocycles. The monoisotopic (exact) mass is 686 g/mol. The second-order valence-electron chi connectivity index (χ2n) is 14.4. The lowest BCUT2D eigenvalue weighted by molar-refractivity contribution is 0.660. The molecule has 0 radical (unpaired) electrons. The average Bonchev–Trinajstić information content (AvgIpc) is 3.80. The van der Waals surface area contributed by atoms with Crippen molar-refractivity contribution in [1.82, 2.24) is 0 Å². The van der Waals surface area contributed by atoms with Crippen LogP contribution in [0, 0.1) is 0 Å². The Morgan fingerprint density at radius 1 is 0.241 bits per heavy atom. The van der Waals surface area contributed by atoms with Crippen molar-refractivity contribution >= 4 is 87.0 Å². The minimum atomic E-state index is 0.847. The number of hydrogen-bond acceptors (Lipinski definition) is 2. The zero-order valence-corrected chi connectivity index (χ0v) is 29.1. The molecule has 0 aliphatic heterocycles. The van der Waals surface area contributed by atoms with Crippen molar-refractivity contribution < 1.29 is 8.83 Å². The molecular weight excluding hydrogens is 657 g/mol. The first-order chi connectivity index (χ1) is 26.8. The average molecular weight is 687 g/mol. The van der Waals surface area contributed by atoms with Crippen LogP contribution < -0.4 is 0 Å². The zero-order valence-electron chi connectivity index (χ0n) is 29.1. The largest absolute Gasteiger partial charge is 0.455 e. The minimum Gasteiger partial charge on any atom is -0.455 e. The van der Waals surface area contributed by atoms with Gasteiger partial charge in [0, 0.05) is 26.9 Å². The molecule has 12 rings (SSSR count). The Balaban J connectivity index is 1.10.